The minimum absolute atomic E-state index is 0.188. The van der Waals surface area contributed by atoms with Gasteiger partial charge in [0.25, 0.3) is 7.82 Å². The second kappa shape index (κ2) is 9.08. The highest BCUT2D eigenvalue weighted by Gasteiger charge is 2.52. The van der Waals surface area contributed by atoms with Crippen molar-refractivity contribution in [2.45, 2.75) is 73.1 Å². The zero-order valence-corrected chi connectivity index (χ0v) is 19.8. The topological polar surface area (TPSA) is 122 Å². The first kappa shape index (κ1) is 25.0. The smallest absolute Gasteiger partial charge is 0.272 e. The lowest BCUT2D eigenvalue weighted by Gasteiger charge is -2.58. The number of phosphoric ester groups is 1. The van der Waals surface area contributed by atoms with Gasteiger partial charge in [-0.3, -0.25) is 8.88 Å². The number of hydrogen-bond donors (Lipinski definition) is 0. The summed E-state index contributed by atoms with van der Waals surface area (Å²) < 4.78 is 29.7. The van der Waals surface area contributed by atoms with E-state index in [4.69, 9.17) is 0 Å². The van der Waals surface area contributed by atoms with Crippen LogP contribution >= 0.6 is 15.6 Å². The molecule has 1 saturated carbocycles. The summed E-state index contributed by atoms with van der Waals surface area (Å²) >= 11 is 0. The van der Waals surface area contributed by atoms with Gasteiger partial charge in [-0.2, -0.15) is 0 Å². The van der Waals surface area contributed by atoms with Crippen molar-refractivity contribution in [3.05, 3.63) is 23.3 Å². The third-order valence-electron chi connectivity index (χ3n) is 7.52. The molecule has 2 aliphatic carbocycles. The van der Waals surface area contributed by atoms with Crippen LogP contribution in [0.4, 0.5) is 0 Å². The number of fused-ring (bicyclic) bond motifs is 1. The van der Waals surface area contributed by atoms with E-state index in [1.165, 1.54) is 24.8 Å². The van der Waals surface area contributed by atoms with Gasteiger partial charge in [-0.25, -0.2) is 0 Å². The molecule has 0 aromatic heterocycles. The lowest BCUT2D eigenvalue weighted by molar-refractivity contribution is -0.339. The van der Waals surface area contributed by atoms with Gasteiger partial charge in [0, 0.05) is 0 Å². The summed E-state index contributed by atoms with van der Waals surface area (Å²) in [6.07, 6.45) is 10.5. The molecule has 168 valence electrons. The van der Waals surface area contributed by atoms with Crippen LogP contribution in [-0.2, 0) is 18.0 Å². The van der Waals surface area contributed by atoms with Crippen LogP contribution < -0.4 is 14.7 Å². The van der Waals surface area contributed by atoms with Gasteiger partial charge in [0.15, 0.2) is 0 Å². The largest absolute Gasteiger partial charge is 0.790 e. The van der Waals surface area contributed by atoms with E-state index in [0.717, 1.165) is 24.8 Å². The SMILES string of the molecule is CC1=CCC[C@H]2[C@](C)(CC/C(C)=C/COP(=O)([O-])OP(=O)([O-])[O-])[C@H](C)CC[C@]12C. The highest BCUT2D eigenvalue weighted by Crippen LogP contribution is 2.61. The molecule has 1 unspecified atom stereocenters. The summed E-state index contributed by atoms with van der Waals surface area (Å²) in [4.78, 5) is 32.2. The Kier molecular flexibility index (Phi) is 7.83. The molecule has 1 fully saturated rings. The van der Waals surface area contributed by atoms with Gasteiger partial charge in [0.05, 0.1) is 14.4 Å². The Morgan fingerprint density at radius 1 is 1.28 bits per heavy atom. The lowest BCUT2D eigenvalue weighted by atomic mass is 9.47. The van der Waals surface area contributed by atoms with Crippen LogP contribution in [0, 0.1) is 22.7 Å². The predicted molar refractivity (Wildman–Crippen MR) is 106 cm³/mol. The van der Waals surface area contributed by atoms with Crippen molar-refractivity contribution in [1.82, 2.24) is 0 Å². The van der Waals surface area contributed by atoms with E-state index < -0.39 is 15.6 Å². The van der Waals surface area contributed by atoms with E-state index in [9.17, 15) is 23.8 Å². The summed E-state index contributed by atoms with van der Waals surface area (Å²) in [5.41, 5.74) is 2.90. The van der Waals surface area contributed by atoms with Crippen LogP contribution in [0.5, 0.6) is 0 Å². The van der Waals surface area contributed by atoms with E-state index >= 15 is 0 Å². The highest BCUT2D eigenvalue weighted by atomic mass is 31.3. The fourth-order valence-corrected chi connectivity index (χ4v) is 6.74. The van der Waals surface area contributed by atoms with Crippen LogP contribution in [0.15, 0.2) is 23.3 Å². The van der Waals surface area contributed by atoms with E-state index in [1.807, 2.05) is 6.92 Å². The number of hydrogen-bond acceptors (Lipinski definition) is 7. The Labute approximate surface area is 174 Å². The minimum atomic E-state index is -5.65. The highest BCUT2D eigenvalue weighted by molar-refractivity contribution is 7.58. The normalized spacial score (nSPS) is 35.6. The van der Waals surface area contributed by atoms with Gasteiger partial charge in [-0.05, 0) is 75.0 Å². The maximum atomic E-state index is 11.3. The van der Waals surface area contributed by atoms with Crippen molar-refractivity contribution in [3.63, 3.8) is 0 Å². The molecular formula is C20H33O7P2-3. The Bertz CT molecular complexity index is 756. The van der Waals surface area contributed by atoms with Crippen molar-refractivity contribution in [2.24, 2.45) is 22.7 Å². The molecular weight excluding hydrogens is 414 g/mol. The molecule has 0 saturated heterocycles. The number of allylic oxidation sites excluding steroid dienone is 3. The van der Waals surface area contributed by atoms with Crippen molar-refractivity contribution in [1.29, 1.82) is 0 Å². The van der Waals surface area contributed by atoms with Crippen molar-refractivity contribution < 1.29 is 32.6 Å². The van der Waals surface area contributed by atoms with Gasteiger partial charge < -0.3 is 23.8 Å². The van der Waals surface area contributed by atoms with Crippen LogP contribution in [0.1, 0.15) is 73.1 Å². The van der Waals surface area contributed by atoms with E-state index in [-0.39, 0.29) is 17.4 Å². The van der Waals surface area contributed by atoms with Gasteiger partial charge in [0.1, 0.15) is 0 Å². The molecule has 7 nitrogen and oxygen atoms in total. The Morgan fingerprint density at radius 3 is 2.55 bits per heavy atom. The van der Waals surface area contributed by atoms with Crippen LogP contribution in [0.2, 0.25) is 0 Å². The fourth-order valence-electron chi connectivity index (χ4n) is 5.32. The first-order valence-corrected chi connectivity index (χ1v) is 13.1. The Hall–Kier alpha value is -0.260. The van der Waals surface area contributed by atoms with Gasteiger partial charge >= 0.3 is 0 Å². The molecule has 0 N–H and O–H groups in total. The molecule has 0 amide bonds. The second-order valence-corrected chi connectivity index (χ2v) is 11.9. The molecule has 0 bridgehead atoms. The third-order valence-corrected chi connectivity index (χ3v) is 9.58. The minimum Gasteiger partial charge on any atom is -0.790 e. The van der Waals surface area contributed by atoms with Gasteiger partial charge in [0.2, 0.25) is 0 Å². The molecule has 0 spiro atoms. The molecule has 5 atom stereocenters. The first-order chi connectivity index (χ1) is 13.2. The third kappa shape index (κ3) is 6.13. The summed E-state index contributed by atoms with van der Waals surface area (Å²) in [5, 5.41) is 0. The van der Waals surface area contributed by atoms with Crippen LogP contribution in [0.3, 0.4) is 0 Å². The van der Waals surface area contributed by atoms with Gasteiger partial charge in [-0.1, -0.05) is 44.1 Å². The molecule has 9 heteroatoms. The molecule has 29 heavy (non-hydrogen) atoms. The van der Waals surface area contributed by atoms with Crippen LogP contribution in [0.25, 0.3) is 0 Å². The summed E-state index contributed by atoms with van der Waals surface area (Å²) in [7, 11) is -10.8. The molecule has 2 aliphatic rings. The molecule has 0 aromatic carbocycles. The van der Waals surface area contributed by atoms with Crippen molar-refractivity contribution in [2.75, 3.05) is 6.61 Å². The zero-order chi connectivity index (χ0) is 22.1. The summed E-state index contributed by atoms with van der Waals surface area (Å²) in [6, 6.07) is 0. The van der Waals surface area contributed by atoms with E-state index in [0.29, 0.717) is 11.8 Å². The second-order valence-electron chi connectivity index (χ2n) is 9.20. The standard InChI is InChI=1S/C20H36O7P2/c1-15(11-14-26-29(24,25)27-28(21,22)23)9-12-19(4)17(3)10-13-20(5)16(2)7-6-8-18(19)20/h7,11,17-18H,6,8-10,12-14H2,1-5H3,(H,24,25)(H2,21,22,23)/p-3/b15-11+/t17-,18+,19-,20-/m1/s1. The fraction of sp³-hybridized carbons (Fsp3) is 0.800. The zero-order valence-electron chi connectivity index (χ0n) is 18.0. The molecule has 0 aromatic rings. The first-order valence-electron chi connectivity index (χ1n) is 10.2. The quantitative estimate of drug-likeness (QED) is 0.409. The maximum Gasteiger partial charge on any atom is 0.272 e. The molecule has 0 heterocycles. The Balaban J connectivity index is 2.00. The molecule has 0 radical (unpaired) electrons. The lowest BCUT2D eigenvalue weighted by Crippen LogP contribution is -2.49. The predicted octanol–water partition coefficient (Wildman–Crippen LogP) is 3.84. The molecule has 0 aliphatic heterocycles. The summed E-state index contributed by atoms with van der Waals surface area (Å²) in [6.45, 7) is 10.9. The summed E-state index contributed by atoms with van der Waals surface area (Å²) in [5.74, 6) is 1.22. The van der Waals surface area contributed by atoms with E-state index in [1.54, 1.807) is 6.08 Å². The van der Waals surface area contributed by atoms with Crippen molar-refractivity contribution in [3.8, 4) is 0 Å². The number of phosphoric acid groups is 2. The Morgan fingerprint density at radius 2 is 1.93 bits per heavy atom. The van der Waals surface area contributed by atoms with Crippen molar-refractivity contribution >= 4 is 15.6 Å². The monoisotopic (exact) mass is 447 g/mol. The van der Waals surface area contributed by atoms with Gasteiger partial charge in [-0.15, -0.1) is 0 Å². The molecule has 2 rings (SSSR count). The average Bonchev–Trinajstić information content (AvgIpc) is 2.57. The average molecular weight is 447 g/mol. The van der Waals surface area contributed by atoms with E-state index in [2.05, 4.69) is 42.6 Å². The number of rotatable bonds is 8. The van der Waals surface area contributed by atoms with Crippen LogP contribution in [-0.4, -0.2) is 6.61 Å². The maximum absolute atomic E-state index is 11.3.